The third-order valence-electron chi connectivity index (χ3n) is 7.63. The molecule has 2 unspecified atom stereocenters. The third-order valence-corrected chi connectivity index (χ3v) is 7.63. The van der Waals surface area contributed by atoms with E-state index in [1.165, 1.54) is 0 Å². The van der Waals surface area contributed by atoms with Crippen LogP contribution < -0.4 is 5.32 Å². The molecule has 2 heterocycles. The Kier molecular flexibility index (Phi) is 7.60. The first-order valence-electron chi connectivity index (χ1n) is 13.1. The van der Waals surface area contributed by atoms with Crippen molar-refractivity contribution in [3.63, 3.8) is 0 Å². The topological polar surface area (TPSA) is 52.6 Å². The molecule has 0 spiro atoms. The van der Waals surface area contributed by atoms with E-state index < -0.39 is 17.7 Å². The Morgan fingerprint density at radius 2 is 1.76 bits per heavy atom. The molecule has 2 aliphatic heterocycles. The molecule has 1 saturated heterocycles. The largest absolute Gasteiger partial charge is 0.478 e. The Hall–Kier alpha value is -3.00. The van der Waals surface area contributed by atoms with Gasteiger partial charge in [-0.05, 0) is 69.2 Å². The van der Waals surface area contributed by atoms with Crippen molar-refractivity contribution < 1.29 is 27.7 Å². The minimum Gasteiger partial charge on any atom is -0.478 e. The van der Waals surface area contributed by atoms with Gasteiger partial charge in [-0.25, -0.2) is 14.4 Å². The molecule has 0 aromatic heterocycles. The number of aliphatic carboxylic acids is 1. The summed E-state index contributed by atoms with van der Waals surface area (Å²) in [6.07, 6.45) is -0.228. The number of halogens is 3. The van der Waals surface area contributed by atoms with E-state index in [9.17, 15) is 23.1 Å². The lowest BCUT2D eigenvalue weighted by molar-refractivity contribution is -1.03. The van der Waals surface area contributed by atoms with E-state index in [2.05, 4.69) is 43.2 Å². The van der Waals surface area contributed by atoms with E-state index in [0.29, 0.717) is 29.0 Å². The van der Waals surface area contributed by atoms with Crippen LogP contribution in [0.3, 0.4) is 0 Å². The highest BCUT2D eigenvalue weighted by Crippen LogP contribution is 2.45. The van der Waals surface area contributed by atoms with Gasteiger partial charge in [-0.2, -0.15) is 13.2 Å². The van der Waals surface area contributed by atoms with Gasteiger partial charge < -0.3 is 10.4 Å². The molecule has 2 N–H and O–H groups in total. The molecule has 2 aromatic rings. The quantitative estimate of drug-likeness (QED) is 0.304. The predicted molar refractivity (Wildman–Crippen MR) is 137 cm³/mol. The molecule has 0 saturated carbocycles. The van der Waals surface area contributed by atoms with E-state index in [1.54, 1.807) is 12.1 Å². The molecule has 0 aliphatic carbocycles. The number of quaternary nitrogens is 1. The van der Waals surface area contributed by atoms with Gasteiger partial charge in [-0.3, -0.25) is 0 Å². The number of carboxylic acids is 1. The SMILES string of the molecule is CCC[N+]1(CCCCc2ccc(C(F)(F)F)cc2)CC(C(=O)O)=C2NC(c3ccccc3)CC(C)(C)N21. The number of benzene rings is 2. The second kappa shape index (κ2) is 10.4. The second-order valence-electron chi connectivity index (χ2n) is 10.9. The Morgan fingerprint density at radius 3 is 2.35 bits per heavy atom. The monoisotopic (exact) mass is 516 g/mol. The average Bonchev–Trinajstić information content (AvgIpc) is 3.18. The highest BCUT2D eigenvalue weighted by atomic mass is 19.4. The predicted octanol–water partition coefficient (Wildman–Crippen LogP) is 6.29. The molecule has 8 heteroatoms. The first-order valence-corrected chi connectivity index (χ1v) is 13.1. The summed E-state index contributed by atoms with van der Waals surface area (Å²) in [4.78, 5) is 12.4. The van der Waals surface area contributed by atoms with Crippen LogP contribution in [0.25, 0.3) is 0 Å². The number of nitrogens with one attached hydrogen (secondary N) is 1. The lowest BCUT2D eigenvalue weighted by Crippen LogP contribution is -2.67. The van der Waals surface area contributed by atoms with Crippen LogP contribution in [-0.2, 0) is 17.4 Å². The summed E-state index contributed by atoms with van der Waals surface area (Å²) in [5, 5.41) is 16.1. The Labute approximate surface area is 217 Å². The number of hydrogen-bond acceptors (Lipinski definition) is 3. The molecule has 2 aliphatic rings. The molecule has 0 amide bonds. The first kappa shape index (κ1) is 27.0. The maximum absolute atomic E-state index is 12.9. The van der Waals surface area contributed by atoms with Crippen LogP contribution in [0, 0.1) is 0 Å². The van der Waals surface area contributed by atoms with Gasteiger partial charge in [0, 0.05) is 0 Å². The van der Waals surface area contributed by atoms with Gasteiger partial charge in [0.2, 0.25) is 0 Å². The lowest BCUT2D eigenvalue weighted by Gasteiger charge is -2.54. The molecule has 2 aromatic carbocycles. The van der Waals surface area contributed by atoms with Crippen LogP contribution in [-0.4, -0.2) is 45.8 Å². The number of hydrogen-bond donors (Lipinski definition) is 2. The fourth-order valence-electron chi connectivity index (χ4n) is 6.14. The number of alkyl halides is 3. The smallest absolute Gasteiger partial charge is 0.416 e. The minimum atomic E-state index is -4.33. The van der Waals surface area contributed by atoms with Gasteiger partial charge in [-0.15, -0.1) is 0 Å². The van der Waals surface area contributed by atoms with E-state index in [0.717, 1.165) is 62.0 Å². The standard InChI is InChI=1S/C29H36F3N3O2/c1-4-17-35(18-9-8-10-21-13-15-23(16-14-21)29(30,31)32)20-24(27(36)37)26-33-25(19-28(2,3)34(26)35)22-11-6-5-7-12-22/h5-7,11-16,25,33H,4,8-10,17-20H2,1-3H3/p+1. The van der Waals surface area contributed by atoms with Crippen LogP contribution in [0.4, 0.5) is 13.2 Å². The normalized spacial score (nSPS) is 23.1. The van der Waals surface area contributed by atoms with Crippen LogP contribution in [0.15, 0.2) is 66.0 Å². The molecule has 5 nitrogen and oxygen atoms in total. The van der Waals surface area contributed by atoms with Crippen molar-refractivity contribution in [2.45, 2.75) is 70.6 Å². The molecular formula is C29H37F3N3O2+. The summed E-state index contributed by atoms with van der Waals surface area (Å²) in [5.41, 5.74) is 1.54. The van der Waals surface area contributed by atoms with Gasteiger partial charge in [0.05, 0.1) is 17.1 Å². The average molecular weight is 517 g/mol. The van der Waals surface area contributed by atoms with E-state index in [-0.39, 0.29) is 11.6 Å². The first-order chi connectivity index (χ1) is 17.5. The Balaban J connectivity index is 1.52. The van der Waals surface area contributed by atoms with Crippen molar-refractivity contribution in [3.8, 4) is 0 Å². The Morgan fingerprint density at radius 1 is 1.08 bits per heavy atom. The van der Waals surface area contributed by atoms with Crippen LogP contribution in [0.5, 0.6) is 0 Å². The Bertz CT molecular complexity index is 1130. The van der Waals surface area contributed by atoms with Gasteiger partial charge in [-0.1, -0.05) is 49.4 Å². The van der Waals surface area contributed by atoms with Gasteiger partial charge in [0.25, 0.3) is 0 Å². The molecule has 2 atom stereocenters. The van der Waals surface area contributed by atoms with Crippen molar-refractivity contribution in [2.75, 3.05) is 19.6 Å². The van der Waals surface area contributed by atoms with Crippen molar-refractivity contribution in [1.29, 1.82) is 0 Å². The number of fused-ring (bicyclic) bond motifs is 1. The summed E-state index contributed by atoms with van der Waals surface area (Å²) in [6, 6.07) is 15.6. The maximum atomic E-state index is 12.9. The van der Waals surface area contributed by atoms with Crippen LogP contribution in [0.1, 0.15) is 69.2 Å². The summed E-state index contributed by atoms with van der Waals surface area (Å²) < 4.78 is 39.1. The summed E-state index contributed by atoms with van der Waals surface area (Å²) in [6.45, 7) is 8.53. The number of carbonyl (C=O) groups is 1. The number of unbranched alkanes of at least 4 members (excludes halogenated alkanes) is 1. The molecular weight excluding hydrogens is 479 g/mol. The number of nitrogens with zero attached hydrogens (tertiary/aromatic N) is 2. The molecule has 0 bridgehead atoms. The lowest BCUT2D eigenvalue weighted by atomic mass is 9.88. The molecule has 37 heavy (non-hydrogen) atoms. The van der Waals surface area contributed by atoms with Gasteiger partial charge in [0.15, 0.2) is 5.82 Å². The number of rotatable bonds is 9. The van der Waals surface area contributed by atoms with Crippen LogP contribution >= 0.6 is 0 Å². The maximum Gasteiger partial charge on any atom is 0.416 e. The van der Waals surface area contributed by atoms with Gasteiger partial charge >= 0.3 is 12.1 Å². The molecule has 200 valence electrons. The van der Waals surface area contributed by atoms with Crippen LogP contribution in [0.2, 0.25) is 0 Å². The zero-order valence-electron chi connectivity index (χ0n) is 21.8. The molecule has 0 radical (unpaired) electrons. The van der Waals surface area contributed by atoms with Gasteiger partial charge in [0.1, 0.15) is 25.2 Å². The van der Waals surface area contributed by atoms with Crippen molar-refractivity contribution in [3.05, 3.63) is 82.7 Å². The zero-order valence-corrected chi connectivity index (χ0v) is 21.8. The van der Waals surface area contributed by atoms with Crippen molar-refractivity contribution >= 4 is 5.97 Å². The van der Waals surface area contributed by atoms with E-state index >= 15 is 0 Å². The minimum absolute atomic E-state index is 0.0260. The fraction of sp³-hybridized carbons (Fsp3) is 0.483. The summed E-state index contributed by atoms with van der Waals surface area (Å²) >= 11 is 0. The number of aryl methyl sites for hydroxylation is 1. The van der Waals surface area contributed by atoms with E-state index in [4.69, 9.17) is 0 Å². The highest BCUT2D eigenvalue weighted by Gasteiger charge is 2.56. The van der Waals surface area contributed by atoms with Crippen molar-refractivity contribution in [1.82, 2.24) is 10.3 Å². The third kappa shape index (κ3) is 5.64. The zero-order chi connectivity index (χ0) is 26.8. The molecule has 4 rings (SSSR count). The summed E-state index contributed by atoms with van der Waals surface area (Å²) in [7, 11) is 0. The molecule has 1 fully saturated rings. The van der Waals surface area contributed by atoms with Crippen molar-refractivity contribution in [2.24, 2.45) is 0 Å². The fourth-order valence-corrected chi connectivity index (χ4v) is 6.14. The number of carboxylic acid groups (broad SMARTS) is 1. The van der Waals surface area contributed by atoms with E-state index in [1.807, 2.05) is 18.2 Å². The highest BCUT2D eigenvalue weighted by molar-refractivity contribution is 5.88. The second-order valence-corrected chi connectivity index (χ2v) is 10.9. The summed E-state index contributed by atoms with van der Waals surface area (Å²) in [5.74, 6) is -0.174.